The fourth-order valence-electron chi connectivity index (χ4n) is 2.09. The minimum atomic E-state index is 1.04. The summed E-state index contributed by atoms with van der Waals surface area (Å²) < 4.78 is 0. The van der Waals surface area contributed by atoms with Gasteiger partial charge >= 0.3 is 0 Å². The number of hydrogen-bond donors (Lipinski definition) is 1. The first kappa shape index (κ1) is 11.3. The van der Waals surface area contributed by atoms with Crippen LogP contribution in [0.15, 0.2) is 41.3 Å². The molecule has 0 bridgehead atoms. The lowest BCUT2D eigenvalue weighted by Gasteiger charge is -2.12. The normalized spacial score (nSPS) is 10.5. The summed E-state index contributed by atoms with van der Waals surface area (Å²) in [5.74, 6) is 0. The van der Waals surface area contributed by atoms with Crippen molar-refractivity contribution in [3.05, 3.63) is 53.1 Å². The van der Waals surface area contributed by atoms with E-state index in [1.54, 1.807) is 0 Å². The fourth-order valence-corrected chi connectivity index (χ4v) is 2.34. The molecular formula is C15H16S. The molecule has 2 aromatic carbocycles. The lowest BCUT2D eigenvalue weighted by Crippen LogP contribution is -1.89. The zero-order valence-corrected chi connectivity index (χ0v) is 10.8. The van der Waals surface area contributed by atoms with Crippen molar-refractivity contribution >= 4 is 12.6 Å². The summed E-state index contributed by atoms with van der Waals surface area (Å²) in [6.07, 6.45) is 0. The summed E-state index contributed by atoms with van der Waals surface area (Å²) in [6, 6.07) is 12.8. The molecule has 0 saturated carbocycles. The summed E-state index contributed by atoms with van der Waals surface area (Å²) in [7, 11) is 0. The number of rotatable bonds is 1. The standard InChI is InChI=1S/C15H16S/c1-10-7-8-14(16)13(9-10)15-11(2)5-4-6-12(15)3/h4-9,16H,1-3H3. The number of benzene rings is 2. The molecule has 16 heavy (non-hydrogen) atoms. The molecule has 0 amide bonds. The first-order valence-corrected chi connectivity index (χ1v) is 5.90. The van der Waals surface area contributed by atoms with E-state index in [-0.39, 0.29) is 0 Å². The van der Waals surface area contributed by atoms with E-state index in [2.05, 4.69) is 69.8 Å². The summed E-state index contributed by atoms with van der Waals surface area (Å²) in [5, 5.41) is 0. The molecule has 82 valence electrons. The van der Waals surface area contributed by atoms with Gasteiger partial charge in [-0.15, -0.1) is 12.6 Å². The Bertz CT molecular complexity index is 507. The van der Waals surface area contributed by atoms with Crippen molar-refractivity contribution in [3.8, 4) is 11.1 Å². The Balaban J connectivity index is 2.72. The van der Waals surface area contributed by atoms with Crippen LogP contribution in [0.2, 0.25) is 0 Å². The predicted molar refractivity (Wildman–Crippen MR) is 73.3 cm³/mol. The Morgan fingerprint density at radius 1 is 0.875 bits per heavy atom. The summed E-state index contributed by atoms with van der Waals surface area (Å²) >= 11 is 4.55. The van der Waals surface area contributed by atoms with Gasteiger partial charge in [-0.1, -0.05) is 35.9 Å². The third kappa shape index (κ3) is 2.00. The zero-order valence-electron chi connectivity index (χ0n) is 9.91. The molecule has 0 aliphatic rings. The zero-order chi connectivity index (χ0) is 11.7. The molecule has 0 N–H and O–H groups in total. The molecule has 0 aliphatic heterocycles. The van der Waals surface area contributed by atoms with Gasteiger partial charge in [-0.25, -0.2) is 0 Å². The molecule has 2 aromatic rings. The molecule has 0 heterocycles. The van der Waals surface area contributed by atoms with E-state index in [0.717, 1.165) is 4.90 Å². The topological polar surface area (TPSA) is 0 Å². The Hall–Kier alpha value is -1.21. The van der Waals surface area contributed by atoms with E-state index in [9.17, 15) is 0 Å². The quantitative estimate of drug-likeness (QED) is 0.679. The fraction of sp³-hybridized carbons (Fsp3) is 0.200. The Morgan fingerprint density at radius 3 is 2.12 bits per heavy atom. The molecular weight excluding hydrogens is 212 g/mol. The van der Waals surface area contributed by atoms with Crippen LogP contribution in [-0.4, -0.2) is 0 Å². The maximum atomic E-state index is 4.55. The molecule has 0 nitrogen and oxygen atoms in total. The van der Waals surface area contributed by atoms with Gasteiger partial charge in [0.15, 0.2) is 0 Å². The number of thiol groups is 1. The SMILES string of the molecule is Cc1ccc(S)c(-c2c(C)cccc2C)c1. The highest BCUT2D eigenvalue weighted by Gasteiger charge is 2.08. The molecule has 0 fully saturated rings. The van der Waals surface area contributed by atoms with Crippen LogP contribution < -0.4 is 0 Å². The van der Waals surface area contributed by atoms with E-state index < -0.39 is 0 Å². The highest BCUT2D eigenvalue weighted by Crippen LogP contribution is 2.32. The predicted octanol–water partition coefficient (Wildman–Crippen LogP) is 4.57. The van der Waals surface area contributed by atoms with Crippen molar-refractivity contribution in [1.29, 1.82) is 0 Å². The van der Waals surface area contributed by atoms with Gasteiger partial charge in [0.2, 0.25) is 0 Å². The molecule has 2 rings (SSSR count). The van der Waals surface area contributed by atoms with Crippen LogP contribution in [0, 0.1) is 20.8 Å². The lowest BCUT2D eigenvalue weighted by molar-refractivity contribution is 1.32. The molecule has 0 aromatic heterocycles. The third-order valence-electron chi connectivity index (χ3n) is 2.90. The van der Waals surface area contributed by atoms with Crippen LogP contribution >= 0.6 is 12.6 Å². The van der Waals surface area contributed by atoms with Crippen molar-refractivity contribution in [2.24, 2.45) is 0 Å². The lowest BCUT2D eigenvalue weighted by atomic mass is 9.95. The summed E-state index contributed by atoms with van der Waals surface area (Å²) in [6.45, 7) is 6.42. The van der Waals surface area contributed by atoms with Gasteiger partial charge in [0.25, 0.3) is 0 Å². The Kier molecular flexibility index (Phi) is 3.06. The highest BCUT2D eigenvalue weighted by molar-refractivity contribution is 7.80. The van der Waals surface area contributed by atoms with Crippen molar-refractivity contribution in [1.82, 2.24) is 0 Å². The van der Waals surface area contributed by atoms with E-state index in [0.29, 0.717) is 0 Å². The average molecular weight is 228 g/mol. The highest BCUT2D eigenvalue weighted by atomic mass is 32.1. The number of hydrogen-bond acceptors (Lipinski definition) is 1. The van der Waals surface area contributed by atoms with Gasteiger partial charge in [-0.3, -0.25) is 0 Å². The van der Waals surface area contributed by atoms with Crippen LogP contribution in [0.4, 0.5) is 0 Å². The maximum Gasteiger partial charge on any atom is 0.0119 e. The molecule has 0 aliphatic carbocycles. The molecule has 1 heteroatoms. The maximum absolute atomic E-state index is 4.55. The van der Waals surface area contributed by atoms with Gasteiger partial charge in [-0.2, -0.15) is 0 Å². The molecule has 0 radical (unpaired) electrons. The summed E-state index contributed by atoms with van der Waals surface area (Å²) in [4.78, 5) is 1.04. The van der Waals surface area contributed by atoms with Crippen molar-refractivity contribution in [2.45, 2.75) is 25.7 Å². The van der Waals surface area contributed by atoms with Gasteiger partial charge < -0.3 is 0 Å². The minimum Gasteiger partial charge on any atom is -0.143 e. The van der Waals surface area contributed by atoms with Crippen molar-refractivity contribution < 1.29 is 0 Å². The molecule has 0 atom stereocenters. The van der Waals surface area contributed by atoms with Crippen molar-refractivity contribution in [2.75, 3.05) is 0 Å². The second-order valence-electron chi connectivity index (χ2n) is 4.29. The third-order valence-corrected chi connectivity index (χ3v) is 3.29. The van der Waals surface area contributed by atoms with Crippen LogP contribution in [0.5, 0.6) is 0 Å². The second-order valence-corrected chi connectivity index (χ2v) is 4.77. The van der Waals surface area contributed by atoms with Crippen LogP contribution in [0.25, 0.3) is 11.1 Å². The first-order chi connectivity index (χ1) is 7.59. The van der Waals surface area contributed by atoms with Gasteiger partial charge in [0.1, 0.15) is 0 Å². The van der Waals surface area contributed by atoms with E-state index >= 15 is 0 Å². The van der Waals surface area contributed by atoms with E-state index in [4.69, 9.17) is 0 Å². The van der Waals surface area contributed by atoms with E-state index in [1.165, 1.54) is 27.8 Å². The summed E-state index contributed by atoms with van der Waals surface area (Å²) in [5.41, 5.74) is 6.44. The Labute approximate surface area is 103 Å². The average Bonchev–Trinajstić information content (AvgIpc) is 2.23. The second kappa shape index (κ2) is 4.34. The monoisotopic (exact) mass is 228 g/mol. The largest absolute Gasteiger partial charge is 0.143 e. The Morgan fingerprint density at radius 2 is 1.50 bits per heavy atom. The number of aryl methyl sites for hydroxylation is 3. The molecule has 0 saturated heterocycles. The van der Waals surface area contributed by atoms with Gasteiger partial charge in [-0.05, 0) is 49.1 Å². The smallest absolute Gasteiger partial charge is 0.0119 e. The van der Waals surface area contributed by atoms with Crippen LogP contribution in [0.1, 0.15) is 16.7 Å². The molecule has 0 unspecified atom stereocenters. The van der Waals surface area contributed by atoms with Crippen LogP contribution in [-0.2, 0) is 0 Å². The minimum absolute atomic E-state index is 1.04. The van der Waals surface area contributed by atoms with Gasteiger partial charge in [0.05, 0.1) is 0 Å². The van der Waals surface area contributed by atoms with Crippen LogP contribution in [0.3, 0.4) is 0 Å². The van der Waals surface area contributed by atoms with Gasteiger partial charge in [0, 0.05) is 4.90 Å². The molecule has 0 spiro atoms. The van der Waals surface area contributed by atoms with E-state index in [1.807, 2.05) is 0 Å². The first-order valence-electron chi connectivity index (χ1n) is 5.46. The van der Waals surface area contributed by atoms with Crippen molar-refractivity contribution in [3.63, 3.8) is 0 Å².